The van der Waals surface area contributed by atoms with E-state index in [1.165, 1.54) is 6.08 Å². The summed E-state index contributed by atoms with van der Waals surface area (Å²) >= 11 is 0. The van der Waals surface area contributed by atoms with Crippen LogP contribution in [0.25, 0.3) is 0 Å². The molecule has 0 bridgehead atoms. The lowest BCUT2D eigenvalue weighted by Gasteiger charge is -1.70. The summed E-state index contributed by atoms with van der Waals surface area (Å²) in [7, 11) is 0. The predicted molar refractivity (Wildman–Crippen MR) is 36.6 cm³/mol. The maximum Gasteiger partial charge on any atom is 0.0609 e. The van der Waals surface area contributed by atoms with Crippen molar-refractivity contribution >= 4 is 0 Å². The average Bonchev–Trinajstić information content (AvgIpc) is 1.88. The Morgan fingerprint density at radius 2 is 2.00 bits per heavy atom. The second-order valence-corrected chi connectivity index (χ2v) is 1.26. The third-order valence-electron chi connectivity index (χ3n) is 0.418. The van der Waals surface area contributed by atoms with Crippen molar-refractivity contribution in [3.05, 3.63) is 12.7 Å². The maximum atomic E-state index is 7.76. The lowest BCUT2D eigenvalue weighted by Crippen LogP contribution is -1.93. The van der Waals surface area contributed by atoms with Gasteiger partial charge in [-0.25, -0.2) is 0 Å². The first-order chi connectivity index (χ1) is 3.83. The quantitative estimate of drug-likeness (QED) is 0.518. The Balaban J connectivity index is 0. The summed E-state index contributed by atoms with van der Waals surface area (Å²) in [6.07, 6.45) is 2.53. The highest BCUT2D eigenvalue weighted by Gasteiger charge is 1.55. The van der Waals surface area contributed by atoms with Crippen LogP contribution in [-0.4, -0.2) is 18.3 Å². The van der Waals surface area contributed by atoms with Gasteiger partial charge in [-0.1, -0.05) is 13.0 Å². The van der Waals surface area contributed by atoms with Crippen LogP contribution < -0.4 is 5.73 Å². The molecule has 50 valence electrons. The molecule has 0 unspecified atom stereocenters. The molecule has 0 heterocycles. The number of hydrogen-bond donors (Lipinski definition) is 2. The molecule has 0 aromatic rings. The summed E-state index contributed by atoms with van der Waals surface area (Å²) in [6, 6.07) is 0. The van der Waals surface area contributed by atoms with Gasteiger partial charge in [-0.05, 0) is 13.0 Å². The van der Waals surface area contributed by atoms with E-state index in [0.29, 0.717) is 0 Å². The summed E-state index contributed by atoms with van der Waals surface area (Å²) in [4.78, 5) is 0. The van der Waals surface area contributed by atoms with E-state index < -0.39 is 0 Å². The van der Waals surface area contributed by atoms with Crippen molar-refractivity contribution in [2.75, 3.05) is 13.2 Å². The van der Waals surface area contributed by atoms with Crippen LogP contribution in [0.2, 0.25) is 0 Å². The third kappa shape index (κ3) is 44.6. The molecule has 0 saturated carbocycles. The first-order valence-corrected chi connectivity index (χ1v) is 2.75. The summed E-state index contributed by atoms with van der Waals surface area (Å²) in [5, 5.41) is 7.76. The fourth-order valence-electron chi connectivity index (χ4n) is 0. The van der Waals surface area contributed by atoms with E-state index in [1.807, 2.05) is 0 Å². The molecule has 0 amide bonds. The Morgan fingerprint density at radius 1 is 1.75 bits per heavy atom. The molecule has 0 rings (SSSR count). The van der Waals surface area contributed by atoms with Crippen molar-refractivity contribution in [2.24, 2.45) is 5.73 Å². The fraction of sp³-hybridized carbons (Fsp3) is 0.667. The third-order valence-corrected chi connectivity index (χ3v) is 0.418. The van der Waals surface area contributed by atoms with Gasteiger partial charge in [0, 0.05) is 0 Å². The monoisotopic (exact) mass is 117 g/mol. The molecule has 2 nitrogen and oxygen atoms in total. The van der Waals surface area contributed by atoms with Gasteiger partial charge in [-0.3, -0.25) is 0 Å². The van der Waals surface area contributed by atoms with Crippen molar-refractivity contribution in [2.45, 2.75) is 13.3 Å². The lowest BCUT2D eigenvalue weighted by molar-refractivity contribution is 0.343. The van der Waals surface area contributed by atoms with Gasteiger partial charge in [0.15, 0.2) is 0 Å². The standard InChI is InChI=1S/C3H9N.C3H6O/c2*1-2-3-4/h2-4H2,1H3;2,4H,1,3H2. The second-order valence-electron chi connectivity index (χ2n) is 1.26. The molecular weight excluding hydrogens is 102 g/mol. The zero-order valence-corrected chi connectivity index (χ0v) is 5.43. The van der Waals surface area contributed by atoms with E-state index in [9.17, 15) is 0 Å². The minimum Gasteiger partial charge on any atom is -0.392 e. The van der Waals surface area contributed by atoms with Gasteiger partial charge in [0.05, 0.1) is 6.61 Å². The van der Waals surface area contributed by atoms with E-state index in [4.69, 9.17) is 10.8 Å². The largest absolute Gasteiger partial charge is 0.392 e. The normalized spacial score (nSPS) is 6.88. The minimum atomic E-state index is 0.0833. The zero-order valence-electron chi connectivity index (χ0n) is 5.43. The van der Waals surface area contributed by atoms with Crippen LogP contribution in [0.1, 0.15) is 13.3 Å². The van der Waals surface area contributed by atoms with Gasteiger partial charge >= 0.3 is 0 Å². The highest BCUT2D eigenvalue weighted by molar-refractivity contribution is 4.60. The van der Waals surface area contributed by atoms with E-state index >= 15 is 0 Å². The molecule has 0 spiro atoms. The minimum absolute atomic E-state index is 0.0833. The Morgan fingerprint density at radius 3 is 2.00 bits per heavy atom. The second kappa shape index (κ2) is 15.9. The highest BCUT2D eigenvalue weighted by atomic mass is 16.2. The lowest BCUT2D eigenvalue weighted by atomic mass is 10.5. The van der Waals surface area contributed by atoms with E-state index in [1.54, 1.807) is 0 Å². The topological polar surface area (TPSA) is 46.2 Å². The van der Waals surface area contributed by atoms with Crippen molar-refractivity contribution in [1.82, 2.24) is 0 Å². The first kappa shape index (κ1) is 10.6. The van der Waals surface area contributed by atoms with Crippen molar-refractivity contribution in [3.63, 3.8) is 0 Å². The Kier molecular flexibility index (Phi) is 21.1. The Bertz CT molecular complexity index is 35.5. The summed E-state index contributed by atoms with van der Waals surface area (Å²) in [5.41, 5.74) is 5.03. The van der Waals surface area contributed by atoms with Gasteiger partial charge in [-0.15, -0.1) is 6.58 Å². The van der Waals surface area contributed by atoms with Gasteiger partial charge in [0.1, 0.15) is 0 Å². The molecule has 0 aliphatic rings. The van der Waals surface area contributed by atoms with Gasteiger partial charge < -0.3 is 10.8 Å². The van der Waals surface area contributed by atoms with Crippen LogP contribution in [-0.2, 0) is 0 Å². The van der Waals surface area contributed by atoms with E-state index in [0.717, 1.165) is 13.0 Å². The predicted octanol–water partition coefficient (Wildman–Crippen LogP) is 0.520. The average molecular weight is 117 g/mol. The van der Waals surface area contributed by atoms with Crippen molar-refractivity contribution in [1.29, 1.82) is 0 Å². The molecule has 0 aromatic carbocycles. The molecule has 0 radical (unpaired) electrons. The SMILES string of the molecule is C=CCO.CCCN. The summed E-state index contributed by atoms with van der Waals surface area (Å²) in [6.45, 7) is 6.19. The van der Waals surface area contributed by atoms with Gasteiger partial charge in [-0.2, -0.15) is 0 Å². The summed E-state index contributed by atoms with van der Waals surface area (Å²) < 4.78 is 0. The fourth-order valence-corrected chi connectivity index (χ4v) is 0. The number of hydrogen-bond acceptors (Lipinski definition) is 2. The van der Waals surface area contributed by atoms with E-state index in [-0.39, 0.29) is 6.61 Å². The molecule has 0 aliphatic heterocycles. The van der Waals surface area contributed by atoms with Gasteiger partial charge in [0.25, 0.3) is 0 Å². The van der Waals surface area contributed by atoms with Crippen LogP contribution >= 0.6 is 0 Å². The van der Waals surface area contributed by atoms with Gasteiger partial charge in [0.2, 0.25) is 0 Å². The smallest absolute Gasteiger partial charge is 0.0609 e. The Labute approximate surface area is 51.0 Å². The maximum absolute atomic E-state index is 7.76. The highest BCUT2D eigenvalue weighted by Crippen LogP contribution is 1.57. The van der Waals surface area contributed by atoms with Crippen molar-refractivity contribution < 1.29 is 5.11 Å². The zero-order chi connectivity index (χ0) is 6.83. The molecular formula is C6H15NO. The molecule has 8 heavy (non-hydrogen) atoms. The molecule has 2 heteroatoms. The molecule has 0 fully saturated rings. The van der Waals surface area contributed by atoms with Crippen LogP contribution in [0.3, 0.4) is 0 Å². The van der Waals surface area contributed by atoms with Crippen LogP contribution in [0.15, 0.2) is 12.7 Å². The van der Waals surface area contributed by atoms with Crippen LogP contribution in [0.4, 0.5) is 0 Å². The van der Waals surface area contributed by atoms with E-state index in [2.05, 4.69) is 13.5 Å². The van der Waals surface area contributed by atoms with Crippen LogP contribution in [0, 0.1) is 0 Å². The molecule has 0 aliphatic carbocycles. The number of nitrogens with two attached hydrogens (primary N) is 1. The number of rotatable bonds is 2. The molecule has 3 N–H and O–H groups in total. The summed E-state index contributed by atoms with van der Waals surface area (Å²) in [5.74, 6) is 0. The molecule has 0 atom stereocenters. The number of aliphatic hydroxyl groups is 1. The Hall–Kier alpha value is -0.340. The molecule has 0 saturated heterocycles. The van der Waals surface area contributed by atoms with Crippen LogP contribution in [0.5, 0.6) is 0 Å². The number of aliphatic hydroxyl groups excluding tert-OH is 1. The van der Waals surface area contributed by atoms with Crippen molar-refractivity contribution in [3.8, 4) is 0 Å². The molecule has 0 aromatic heterocycles. The first-order valence-electron chi connectivity index (χ1n) is 2.75.